The van der Waals surface area contributed by atoms with Crippen LogP contribution in [0.1, 0.15) is 11.7 Å². The van der Waals surface area contributed by atoms with Crippen LogP contribution >= 0.6 is 22.9 Å². The molecule has 0 fully saturated rings. The molecule has 0 saturated heterocycles. The average molecular weight is 459 g/mol. The van der Waals surface area contributed by atoms with E-state index in [1.165, 1.54) is 11.5 Å². The predicted molar refractivity (Wildman–Crippen MR) is 117 cm³/mol. The van der Waals surface area contributed by atoms with Crippen molar-refractivity contribution in [2.45, 2.75) is 10.4 Å². The monoisotopic (exact) mass is 458 g/mol. The zero-order valence-electron chi connectivity index (χ0n) is 15.2. The molecule has 0 aliphatic carbocycles. The first kappa shape index (κ1) is 18.9. The van der Waals surface area contributed by atoms with Gasteiger partial charge >= 0.3 is 0 Å². The van der Waals surface area contributed by atoms with Crippen LogP contribution in [-0.4, -0.2) is 24.3 Å². The second-order valence-electron chi connectivity index (χ2n) is 6.34. The molecule has 12 heteroatoms. The van der Waals surface area contributed by atoms with Gasteiger partial charge in [0.25, 0.3) is 10.0 Å². The Labute approximate surface area is 179 Å². The summed E-state index contributed by atoms with van der Waals surface area (Å²) in [7, 11) is -3.72. The first-order valence-corrected chi connectivity index (χ1v) is 11.8. The first-order valence-electron chi connectivity index (χ1n) is 8.67. The highest BCUT2D eigenvalue weighted by atomic mass is 32.2. The van der Waals surface area contributed by atoms with Gasteiger partial charge in [0.15, 0.2) is 0 Å². The largest absolute Gasteiger partial charge is 0.446 e. The van der Waals surface area contributed by atoms with Gasteiger partial charge in [-0.1, -0.05) is 4.49 Å². The Morgan fingerprint density at radius 1 is 1.13 bits per heavy atom. The van der Waals surface area contributed by atoms with Crippen LogP contribution in [0.3, 0.4) is 0 Å². The molecule has 152 valence electrons. The third kappa shape index (κ3) is 3.39. The van der Waals surface area contributed by atoms with Crippen molar-refractivity contribution in [3.05, 3.63) is 59.7 Å². The fraction of sp³-hybridized carbons (Fsp3) is 0.0556. The number of furan rings is 1. The highest BCUT2D eigenvalue weighted by Gasteiger charge is 2.24. The van der Waals surface area contributed by atoms with Gasteiger partial charge < -0.3 is 15.1 Å². The zero-order valence-corrected chi connectivity index (χ0v) is 17.6. The summed E-state index contributed by atoms with van der Waals surface area (Å²) in [6, 6.07) is 12.0. The summed E-state index contributed by atoms with van der Waals surface area (Å²) in [6.45, 7) is 0. The van der Waals surface area contributed by atoms with Crippen LogP contribution in [0.5, 0.6) is 0 Å². The Bertz CT molecular complexity index is 1310. The molecule has 9 nitrogen and oxygen atoms in total. The predicted octanol–water partition coefficient (Wildman–Crippen LogP) is 3.80. The maximum Gasteiger partial charge on any atom is 0.271 e. The molecule has 3 aromatic heterocycles. The molecule has 3 N–H and O–H groups in total. The quantitative estimate of drug-likeness (QED) is 0.466. The molecule has 1 aromatic carbocycles. The lowest BCUT2D eigenvalue weighted by Gasteiger charge is -2.29. The highest BCUT2D eigenvalue weighted by molar-refractivity contribution is 7.94. The molecule has 30 heavy (non-hydrogen) atoms. The number of rotatable bonds is 5. The van der Waals surface area contributed by atoms with Crippen LogP contribution < -0.4 is 15.4 Å². The summed E-state index contributed by atoms with van der Waals surface area (Å²) in [6.07, 6.45) is 2.70. The number of hydrogen-bond donors (Lipinski definition) is 2. The van der Waals surface area contributed by atoms with Gasteiger partial charge in [-0.3, -0.25) is 4.72 Å². The van der Waals surface area contributed by atoms with E-state index in [1.54, 1.807) is 65.3 Å². The molecule has 1 unspecified atom stereocenters. The van der Waals surface area contributed by atoms with Gasteiger partial charge in [0, 0.05) is 16.8 Å². The number of benzene rings is 1. The molecular weight excluding hydrogens is 444 g/mol. The van der Waals surface area contributed by atoms with Gasteiger partial charge in [0.1, 0.15) is 22.4 Å². The highest BCUT2D eigenvalue weighted by Crippen LogP contribution is 2.34. The summed E-state index contributed by atoms with van der Waals surface area (Å²) < 4.78 is 37.3. The maximum atomic E-state index is 12.7. The average Bonchev–Trinajstić information content (AvgIpc) is 3.49. The lowest BCUT2D eigenvalue weighted by Crippen LogP contribution is -2.35. The van der Waals surface area contributed by atoms with Crippen molar-refractivity contribution in [1.82, 2.24) is 9.59 Å². The van der Waals surface area contributed by atoms with Crippen molar-refractivity contribution >= 4 is 56.5 Å². The van der Waals surface area contributed by atoms with Crippen molar-refractivity contribution < 1.29 is 12.8 Å². The lowest BCUT2D eigenvalue weighted by atomic mass is 10.2. The van der Waals surface area contributed by atoms with E-state index in [0.717, 1.165) is 27.5 Å². The maximum absolute atomic E-state index is 12.7. The van der Waals surface area contributed by atoms with E-state index in [2.05, 4.69) is 19.3 Å². The molecule has 5 rings (SSSR count). The molecule has 1 aliphatic heterocycles. The van der Waals surface area contributed by atoms with Gasteiger partial charge in [-0.2, -0.15) is 0 Å². The lowest BCUT2D eigenvalue weighted by molar-refractivity contribution is 0.567. The van der Waals surface area contributed by atoms with Crippen molar-refractivity contribution in [3.8, 4) is 10.6 Å². The Morgan fingerprint density at radius 2 is 1.97 bits per heavy atom. The summed E-state index contributed by atoms with van der Waals surface area (Å²) in [5.74, 6) is 0.492. The summed E-state index contributed by atoms with van der Waals surface area (Å²) >= 11 is 2.36. The molecule has 1 aliphatic rings. The van der Waals surface area contributed by atoms with Crippen molar-refractivity contribution in [3.63, 3.8) is 0 Å². The third-order valence-corrected chi connectivity index (χ3v) is 7.95. The Kier molecular flexibility index (Phi) is 4.62. The van der Waals surface area contributed by atoms with Crippen molar-refractivity contribution in [2.24, 2.45) is 10.7 Å². The van der Waals surface area contributed by atoms with Gasteiger partial charge in [0.05, 0.1) is 16.7 Å². The van der Waals surface area contributed by atoms with E-state index in [1.807, 2.05) is 0 Å². The van der Waals surface area contributed by atoms with Crippen molar-refractivity contribution in [1.29, 1.82) is 0 Å². The SMILES string of the molecule is NC1c2ccoc2N=CN1c1ccc(NS(=O)(=O)c2ccc(-c3csnn3)s2)cc1. The van der Waals surface area contributed by atoms with E-state index in [-0.39, 0.29) is 4.21 Å². The number of aromatic nitrogens is 2. The molecule has 0 saturated carbocycles. The van der Waals surface area contributed by atoms with Gasteiger partial charge in [-0.05, 0) is 54.0 Å². The Balaban J connectivity index is 1.34. The van der Waals surface area contributed by atoms with Crippen molar-refractivity contribution in [2.75, 3.05) is 9.62 Å². The van der Waals surface area contributed by atoms with Crippen LogP contribution in [0.4, 0.5) is 17.3 Å². The van der Waals surface area contributed by atoms with Gasteiger partial charge in [0.2, 0.25) is 5.88 Å². The van der Waals surface area contributed by atoms with E-state index >= 15 is 0 Å². The van der Waals surface area contributed by atoms with Crippen LogP contribution in [0.25, 0.3) is 10.6 Å². The second-order valence-corrected chi connectivity index (χ2v) is 9.94. The number of thiophene rings is 1. The fourth-order valence-corrected chi connectivity index (χ4v) is 5.84. The van der Waals surface area contributed by atoms with Crippen LogP contribution in [0.2, 0.25) is 0 Å². The summed E-state index contributed by atoms with van der Waals surface area (Å²) in [5, 5.41) is 5.74. The second kappa shape index (κ2) is 7.32. The number of anilines is 2. The number of hydrogen-bond acceptors (Lipinski definition) is 10. The normalized spacial score (nSPS) is 15.9. The summed E-state index contributed by atoms with van der Waals surface area (Å²) in [4.78, 5) is 6.77. The molecule has 4 aromatic rings. The van der Waals surface area contributed by atoms with Gasteiger partial charge in [-0.25, -0.2) is 13.4 Å². The zero-order chi connectivity index (χ0) is 20.7. The van der Waals surface area contributed by atoms with E-state index < -0.39 is 16.2 Å². The molecule has 1 atom stereocenters. The van der Waals surface area contributed by atoms with E-state index in [0.29, 0.717) is 17.3 Å². The minimum Gasteiger partial charge on any atom is -0.446 e. The Hall–Kier alpha value is -3.06. The van der Waals surface area contributed by atoms with E-state index in [4.69, 9.17) is 10.2 Å². The molecule has 4 heterocycles. The van der Waals surface area contributed by atoms with Crippen LogP contribution in [0.15, 0.2) is 67.7 Å². The number of fused-ring (bicyclic) bond motifs is 1. The number of nitrogens with two attached hydrogens (primary N) is 1. The first-order chi connectivity index (χ1) is 14.5. The minimum atomic E-state index is -3.72. The molecule has 0 bridgehead atoms. The Morgan fingerprint density at radius 3 is 2.73 bits per heavy atom. The minimum absolute atomic E-state index is 0.201. The van der Waals surface area contributed by atoms with Crippen LogP contribution in [0, 0.1) is 0 Å². The third-order valence-electron chi connectivity index (χ3n) is 4.47. The summed E-state index contributed by atoms with van der Waals surface area (Å²) in [5.41, 5.74) is 8.94. The molecule has 0 amide bonds. The number of sulfonamides is 1. The molecule has 0 radical (unpaired) electrons. The van der Waals surface area contributed by atoms with Gasteiger partial charge in [-0.15, -0.1) is 16.4 Å². The molecular formula is C18H14N6O3S3. The molecule has 0 spiro atoms. The number of aliphatic imine (C=N–C) groups is 1. The number of nitrogens with zero attached hydrogens (tertiary/aromatic N) is 4. The fourth-order valence-electron chi connectivity index (χ4n) is 2.99. The smallest absolute Gasteiger partial charge is 0.271 e. The van der Waals surface area contributed by atoms with E-state index in [9.17, 15) is 8.42 Å². The van der Waals surface area contributed by atoms with Crippen LogP contribution in [-0.2, 0) is 10.0 Å². The topological polar surface area (TPSA) is 127 Å². The number of nitrogens with one attached hydrogen (secondary N) is 1. The standard InChI is InChI=1S/C18H14N6O3S3/c19-17-13-7-8-27-18(13)20-10-24(17)12-3-1-11(2-4-12)22-30(25,26)16-6-5-15(29-16)14-9-28-23-21-14/h1-10,17,22H,19H2.